The van der Waals surface area contributed by atoms with Crippen LogP contribution < -0.4 is 9.47 Å². The van der Waals surface area contributed by atoms with Crippen molar-refractivity contribution in [3.63, 3.8) is 0 Å². The van der Waals surface area contributed by atoms with E-state index in [4.69, 9.17) is 14.2 Å². The number of ether oxygens (including phenoxy) is 3. The molecule has 2 aromatic rings. The monoisotopic (exact) mass is 300 g/mol. The zero-order valence-electron chi connectivity index (χ0n) is 13.0. The Morgan fingerprint density at radius 1 is 0.909 bits per heavy atom. The van der Waals surface area contributed by atoms with E-state index in [0.717, 1.165) is 11.3 Å². The van der Waals surface area contributed by atoms with Crippen LogP contribution in [-0.2, 0) is 4.74 Å². The fourth-order valence-electron chi connectivity index (χ4n) is 2.18. The van der Waals surface area contributed by atoms with Gasteiger partial charge in [-0.15, -0.1) is 0 Å². The van der Waals surface area contributed by atoms with Gasteiger partial charge >= 0.3 is 0 Å². The normalized spacial score (nSPS) is 11.8. The summed E-state index contributed by atoms with van der Waals surface area (Å²) in [6, 6.07) is 14.4. The lowest BCUT2D eigenvalue weighted by molar-refractivity contribution is 0.0452. The molecule has 2 rings (SSSR count). The number of ketones is 1. The lowest BCUT2D eigenvalue weighted by Gasteiger charge is -2.17. The van der Waals surface area contributed by atoms with Crippen LogP contribution >= 0.6 is 0 Å². The molecule has 0 bridgehead atoms. The molecule has 0 spiro atoms. The highest BCUT2D eigenvalue weighted by Gasteiger charge is 2.22. The molecular weight excluding hydrogens is 280 g/mol. The highest BCUT2D eigenvalue weighted by molar-refractivity contribution is 6.00. The summed E-state index contributed by atoms with van der Waals surface area (Å²) in [6.45, 7) is 2.33. The van der Waals surface area contributed by atoms with Gasteiger partial charge in [0.25, 0.3) is 0 Å². The predicted molar refractivity (Wildman–Crippen MR) is 84.7 cm³/mol. The zero-order valence-corrected chi connectivity index (χ0v) is 13.0. The maximum Gasteiger partial charge on any atom is 0.196 e. The van der Waals surface area contributed by atoms with Crippen molar-refractivity contribution in [3.05, 3.63) is 59.7 Å². The maximum absolute atomic E-state index is 12.7. The van der Waals surface area contributed by atoms with Gasteiger partial charge in [0.2, 0.25) is 0 Å². The summed E-state index contributed by atoms with van der Waals surface area (Å²) in [6.07, 6.45) is -0.621. The molecule has 0 amide bonds. The van der Waals surface area contributed by atoms with Gasteiger partial charge in [-0.1, -0.05) is 12.1 Å². The third kappa shape index (κ3) is 3.65. The van der Waals surface area contributed by atoms with Crippen LogP contribution in [-0.4, -0.2) is 26.6 Å². The first-order valence-electron chi connectivity index (χ1n) is 7.13. The highest BCUT2D eigenvalue weighted by Crippen LogP contribution is 2.25. The average molecular weight is 300 g/mol. The third-order valence-electron chi connectivity index (χ3n) is 3.36. The summed E-state index contributed by atoms with van der Waals surface area (Å²) >= 11 is 0. The Bertz CT molecular complexity index is 602. The molecule has 1 atom stereocenters. The van der Waals surface area contributed by atoms with E-state index in [-0.39, 0.29) is 5.78 Å². The van der Waals surface area contributed by atoms with Crippen molar-refractivity contribution in [2.75, 3.05) is 20.8 Å². The maximum atomic E-state index is 12.7. The minimum absolute atomic E-state index is 0.0744. The second-order valence-electron chi connectivity index (χ2n) is 4.70. The standard InChI is InChI=1S/C18H20O4/c1-4-22-18(14-7-11-16(21-3)12-8-14)17(19)13-5-9-15(20-2)10-6-13/h5-12,18H,4H2,1-3H3/t18-/m1/s1. The van der Waals surface area contributed by atoms with Crippen LogP contribution in [0.1, 0.15) is 28.9 Å². The van der Waals surface area contributed by atoms with Crippen LogP contribution in [0.4, 0.5) is 0 Å². The first kappa shape index (κ1) is 16.0. The van der Waals surface area contributed by atoms with Crippen molar-refractivity contribution < 1.29 is 19.0 Å². The number of rotatable bonds is 7. The average Bonchev–Trinajstić information content (AvgIpc) is 2.59. The number of Topliss-reactive ketones (excluding diaryl/α,β-unsaturated/α-hetero) is 1. The van der Waals surface area contributed by atoms with E-state index in [1.807, 2.05) is 31.2 Å². The number of benzene rings is 2. The molecule has 0 aliphatic carbocycles. The Labute approximate surface area is 130 Å². The molecule has 22 heavy (non-hydrogen) atoms. The minimum atomic E-state index is -0.621. The van der Waals surface area contributed by atoms with Crippen molar-refractivity contribution in [3.8, 4) is 11.5 Å². The molecule has 0 saturated heterocycles. The molecule has 0 saturated carbocycles. The molecule has 4 heteroatoms. The summed E-state index contributed by atoms with van der Waals surface area (Å²) in [5.74, 6) is 1.39. The fraction of sp³-hybridized carbons (Fsp3) is 0.278. The van der Waals surface area contributed by atoms with Gasteiger partial charge in [-0.05, 0) is 48.9 Å². The van der Waals surface area contributed by atoms with Crippen molar-refractivity contribution >= 4 is 5.78 Å². The summed E-state index contributed by atoms with van der Waals surface area (Å²) in [5, 5.41) is 0. The Hall–Kier alpha value is -2.33. The molecule has 4 nitrogen and oxygen atoms in total. The Morgan fingerprint density at radius 2 is 1.41 bits per heavy atom. The number of carbonyl (C=O) groups is 1. The SMILES string of the molecule is CCO[C@@H](C(=O)c1ccc(OC)cc1)c1ccc(OC)cc1. The summed E-state index contributed by atoms with van der Waals surface area (Å²) in [4.78, 5) is 12.7. The van der Waals surface area contributed by atoms with Gasteiger partial charge < -0.3 is 14.2 Å². The smallest absolute Gasteiger partial charge is 0.196 e. The van der Waals surface area contributed by atoms with Crippen molar-refractivity contribution in [2.45, 2.75) is 13.0 Å². The topological polar surface area (TPSA) is 44.8 Å². The van der Waals surface area contributed by atoms with Crippen LogP contribution in [0.2, 0.25) is 0 Å². The van der Waals surface area contributed by atoms with E-state index >= 15 is 0 Å². The van der Waals surface area contributed by atoms with Gasteiger partial charge in [0.15, 0.2) is 5.78 Å². The first-order valence-corrected chi connectivity index (χ1v) is 7.13. The minimum Gasteiger partial charge on any atom is -0.497 e. The van der Waals surface area contributed by atoms with Crippen molar-refractivity contribution in [1.29, 1.82) is 0 Å². The molecule has 0 aromatic heterocycles. The second-order valence-corrected chi connectivity index (χ2v) is 4.70. The number of methoxy groups -OCH3 is 2. The van der Waals surface area contributed by atoms with Gasteiger partial charge in [0.05, 0.1) is 14.2 Å². The summed E-state index contributed by atoms with van der Waals surface area (Å²) in [5.41, 5.74) is 1.40. The molecule has 0 radical (unpaired) electrons. The van der Waals surface area contributed by atoms with Crippen LogP contribution in [0.25, 0.3) is 0 Å². The highest BCUT2D eigenvalue weighted by atomic mass is 16.5. The number of hydrogen-bond donors (Lipinski definition) is 0. The van der Waals surface area contributed by atoms with Gasteiger partial charge in [0, 0.05) is 12.2 Å². The molecule has 116 valence electrons. The van der Waals surface area contributed by atoms with E-state index in [1.165, 1.54) is 0 Å². The van der Waals surface area contributed by atoms with Crippen molar-refractivity contribution in [1.82, 2.24) is 0 Å². The van der Waals surface area contributed by atoms with Crippen molar-refractivity contribution in [2.24, 2.45) is 0 Å². The molecule has 0 aliphatic heterocycles. The molecule has 0 fully saturated rings. The lowest BCUT2D eigenvalue weighted by atomic mass is 9.99. The Balaban J connectivity index is 2.26. The van der Waals surface area contributed by atoms with Crippen LogP contribution in [0.15, 0.2) is 48.5 Å². The van der Waals surface area contributed by atoms with Gasteiger partial charge in [0.1, 0.15) is 17.6 Å². The second kappa shape index (κ2) is 7.61. The fourth-order valence-corrected chi connectivity index (χ4v) is 2.18. The molecule has 0 N–H and O–H groups in total. The summed E-state index contributed by atoms with van der Waals surface area (Å²) in [7, 11) is 3.20. The van der Waals surface area contributed by atoms with Crippen LogP contribution in [0, 0.1) is 0 Å². The third-order valence-corrected chi connectivity index (χ3v) is 3.36. The predicted octanol–water partition coefficient (Wildman–Crippen LogP) is 3.66. The molecule has 2 aromatic carbocycles. The van der Waals surface area contributed by atoms with Crippen LogP contribution in [0.3, 0.4) is 0 Å². The molecule has 0 unspecified atom stereocenters. The zero-order chi connectivity index (χ0) is 15.9. The van der Waals surface area contributed by atoms with E-state index in [0.29, 0.717) is 17.9 Å². The number of carbonyl (C=O) groups excluding carboxylic acids is 1. The Morgan fingerprint density at radius 3 is 1.86 bits per heavy atom. The van der Waals surface area contributed by atoms with E-state index in [9.17, 15) is 4.79 Å². The van der Waals surface area contributed by atoms with Crippen LogP contribution in [0.5, 0.6) is 11.5 Å². The number of hydrogen-bond acceptors (Lipinski definition) is 4. The van der Waals surface area contributed by atoms with Gasteiger partial charge in [-0.2, -0.15) is 0 Å². The largest absolute Gasteiger partial charge is 0.497 e. The van der Waals surface area contributed by atoms with Gasteiger partial charge in [-0.3, -0.25) is 4.79 Å². The van der Waals surface area contributed by atoms with E-state index < -0.39 is 6.10 Å². The Kier molecular flexibility index (Phi) is 5.55. The first-order chi connectivity index (χ1) is 10.7. The molecule has 0 heterocycles. The van der Waals surface area contributed by atoms with Gasteiger partial charge in [-0.25, -0.2) is 0 Å². The molecule has 0 aliphatic rings. The lowest BCUT2D eigenvalue weighted by Crippen LogP contribution is -2.16. The van der Waals surface area contributed by atoms with E-state index in [1.54, 1.807) is 38.5 Å². The van der Waals surface area contributed by atoms with E-state index in [2.05, 4.69) is 0 Å². The molecular formula is C18H20O4. The summed E-state index contributed by atoms with van der Waals surface area (Å²) < 4.78 is 15.9. The quantitative estimate of drug-likeness (QED) is 0.732.